The lowest BCUT2D eigenvalue weighted by Crippen LogP contribution is -2.61. The van der Waals surface area contributed by atoms with Crippen LogP contribution in [0.4, 0.5) is 0 Å². The number of nitrogens with two attached hydrogens (primary N) is 6. The zero-order valence-corrected chi connectivity index (χ0v) is 44.0. The zero-order valence-electron chi connectivity index (χ0n) is 42.4. The minimum absolute atomic E-state index is 0.00520. The number of guanidine groups is 1. The van der Waals surface area contributed by atoms with Gasteiger partial charge in [0.15, 0.2) is 5.96 Å². The topological polar surface area (TPSA) is 501 Å². The number of nitrogens with zero attached hydrogens (tertiary/aromatic N) is 2. The molecule has 9 atom stereocenters. The Bertz CT molecular complexity index is 2270. The smallest absolute Gasteiger partial charge is 0.300 e. The molecule has 0 aliphatic carbocycles. The van der Waals surface area contributed by atoms with Gasteiger partial charge in [0.1, 0.15) is 48.0 Å². The van der Waals surface area contributed by atoms with Crippen LogP contribution < -0.4 is 71.6 Å². The molecule has 0 bridgehead atoms. The highest BCUT2D eigenvalue weighted by Crippen LogP contribution is 2.26. The Hall–Kier alpha value is -7.41. The lowest BCUT2D eigenvalue weighted by atomic mass is 9.96. The Balaban J connectivity index is 0.00000476. The van der Waals surface area contributed by atoms with Crippen molar-refractivity contribution in [2.24, 2.45) is 45.3 Å². The first kappa shape index (κ1) is 64.7. The van der Waals surface area contributed by atoms with Gasteiger partial charge in [0.2, 0.25) is 65.0 Å². The van der Waals surface area contributed by atoms with Crippen molar-refractivity contribution in [3.8, 4) is 5.75 Å². The van der Waals surface area contributed by atoms with Crippen LogP contribution in [0.25, 0.3) is 0 Å². The van der Waals surface area contributed by atoms with Gasteiger partial charge in [-0.3, -0.25) is 62.5 Å². The molecule has 0 aromatic heterocycles. The highest BCUT2D eigenvalue weighted by atomic mass is 33.1. The van der Waals surface area contributed by atoms with Crippen molar-refractivity contribution < 1.29 is 67.7 Å². The predicted molar refractivity (Wildman–Crippen MR) is 278 cm³/mol. The van der Waals surface area contributed by atoms with Gasteiger partial charge in [-0.2, -0.15) is 0 Å². The van der Waals surface area contributed by atoms with Crippen LogP contribution in [0, 0.1) is 5.92 Å². The number of nitrogens with one attached hydrogen (secondary N) is 7. The molecule has 0 spiro atoms. The first-order chi connectivity index (χ1) is 35.7. The third-order valence-corrected chi connectivity index (χ3v) is 14.0. The van der Waals surface area contributed by atoms with E-state index in [2.05, 4.69) is 42.2 Å². The Morgan fingerprint density at radius 1 is 0.803 bits per heavy atom. The number of primary amides is 3. The first-order valence-corrected chi connectivity index (χ1v) is 26.5. The van der Waals surface area contributed by atoms with Crippen molar-refractivity contribution >= 4 is 98.5 Å². The molecule has 0 radical (unpaired) electrons. The van der Waals surface area contributed by atoms with Gasteiger partial charge < -0.3 is 86.7 Å². The summed E-state index contributed by atoms with van der Waals surface area (Å²) in [7, 11) is 2.00. The molecular weight excluding hydrogens is 1040 g/mol. The van der Waals surface area contributed by atoms with Crippen molar-refractivity contribution in [2.75, 3.05) is 31.1 Å². The maximum absolute atomic E-state index is 14.5. The van der Waals surface area contributed by atoms with Gasteiger partial charge in [-0.25, -0.2) is 0 Å². The van der Waals surface area contributed by atoms with Crippen LogP contribution in [0.1, 0.15) is 77.7 Å². The maximum Gasteiger partial charge on any atom is 0.300 e. The maximum atomic E-state index is 14.5. The van der Waals surface area contributed by atoms with Crippen molar-refractivity contribution in [2.45, 2.75) is 127 Å². The molecule has 2 aliphatic rings. The number of phenolic OH excluding ortho intramolecular Hbond substituents is 1. The van der Waals surface area contributed by atoms with Crippen molar-refractivity contribution in [1.82, 2.24) is 42.1 Å². The van der Waals surface area contributed by atoms with Crippen molar-refractivity contribution in [3.05, 3.63) is 29.8 Å². The molecule has 2 heterocycles. The Morgan fingerprint density at radius 2 is 1.39 bits per heavy atom. The number of aliphatic imine (C=N–C) groups is 1. The molecule has 3 rings (SSSR count). The van der Waals surface area contributed by atoms with E-state index in [0.717, 1.165) is 28.5 Å². The summed E-state index contributed by atoms with van der Waals surface area (Å²) < 4.78 is 0. The van der Waals surface area contributed by atoms with Crippen molar-refractivity contribution in [3.63, 3.8) is 0 Å². The van der Waals surface area contributed by atoms with E-state index in [4.69, 9.17) is 44.3 Å². The van der Waals surface area contributed by atoms with Gasteiger partial charge in [-0.05, 0) is 55.7 Å². The van der Waals surface area contributed by atoms with E-state index in [1.54, 1.807) is 13.8 Å². The molecule has 76 heavy (non-hydrogen) atoms. The summed E-state index contributed by atoms with van der Waals surface area (Å²) in [6.07, 6.45) is -0.813. The number of benzene rings is 1. The van der Waals surface area contributed by atoms with E-state index in [9.17, 15) is 57.8 Å². The monoisotopic (exact) mass is 1110 g/mol. The highest BCUT2D eigenvalue weighted by molar-refractivity contribution is 8.76. The number of aromatic hydroxyl groups is 1. The summed E-state index contributed by atoms with van der Waals surface area (Å²) >= 11 is 0. The van der Waals surface area contributed by atoms with Crippen molar-refractivity contribution in [1.29, 1.82) is 0 Å². The largest absolute Gasteiger partial charge is 0.508 e. The summed E-state index contributed by atoms with van der Waals surface area (Å²) in [5.41, 5.74) is 33.7. The minimum Gasteiger partial charge on any atom is -0.508 e. The summed E-state index contributed by atoms with van der Waals surface area (Å²) in [6.45, 7) is 4.03. The zero-order chi connectivity index (χ0) is 57.2. The fourth-order valence-corrected chi connectivity index (χ4v) is 9.69. The number of likely N-dealkylation sites (tertiary alicyclic amines) is 1. The number of carboxylic acid groups (broad SMARTS) is 1. The number of rotatable bonds is 19. The molecule has 1 aromatic rings. The Kier molecular flexibility index (Phi) is 27.9. The number of amides is 11. The minimum atomic E-state index is -1.78. The molecule has 31 heteroatoms. The molecule has 1 aromatic carbocycles. The van der Waals surface area contributed by atoms with Gasteiger partial charge >= 0.3 is 0 Å². The number of carboxylic acids is 1. The van der Waals surface area contributed by atoms with Gasteiger partial charge in [-0.1, -0.05) is 54.0 Å². The van der Waals surface area contributed by atoms with Crippen LogP contribution in [0.15, 0.2) is 29.3 Å². The second kappa shape index (κ2) is 32.8. The van der Waals surface area contributed by atoms with Crippen LogP contribution in [0.3, 0.4) is 0 Å². The average Bonchev–Trinajstić information content (AvgIpc) is 3.84. The molecule has 2 aliphatic heterocycles. The molecule has 0 saturated carbocycles. The lowest BCUT2D eigenvalue weighted by Gasteiger charge is -2.31. The summed E-state index contributed by atoms with van der Waals surface area (Å²) in [6, 6.07) is -5.40. The van der Waals surface area contributed by atoms with E-state index < -0.39 is 151 Å². The van der Waals surface area contributed by atoms with E-state index in [0.29, 0.717) is 18.4 Å². The third kappa shape index (κ3) is 23.4. The van der Waals surface area contributed by atoms with E-state index >= 15 is 0 Å². The number of carbonyl (C=O) groups is 12. The van der Waals surface area contributed by atoms with Gasteiger partial charge in [0.05, 0.1) is 19.0 Å². The Morgan fingerprint density at radius 3 is 1.99 bits per heavy atom. The summed E-state index contributed by atoms with van der Waals surface area (Å²) in [4.78, 5) is 161. The van der Waals surface area contributed by atoms with Crippen LogP contribution >= 0.6 is 21.6 Å². The quantitative estimate of drug-likeness (QED) is 0.0266. The predicted octanol–water partition coefficient (Wildman–Crippen LogP) is -5.51. The lowest BCUT2D eigenvalue weighted by molar-refractivity contribution is -0.142. The molecule has 2 saturated heterocycles. The molecule has 29 nitrogen and oxygen atoms in total. The second-order valence-electron chi connectivity index (χ2n) is 17.7. The standard InChI is InChI=1S/C43H67N15O12S2.C2H4O2/c1-3-21(2)34-41(69)53-26(12-13-31(45)60)37(65)55-28(17-32(46)61)38(66)56-29(20-72-71-19-24(44)35(63)54-27(39(67)57-34)16-22-8-10-23(59)11-9-22)42(70)58-15-5-7-30(58)40(68)52-25(6-4-14-50-43(48)49)36(64)51-18-33(47)62;1-2(3)4/h8-11,21,24-30,34,59H,3-7,12-20,44H2,1-2H3,(H2,45,60)(H2,46,61)(H2,47,62)(H,51,64)(H,52,68)(H,53,69)(H,54,63)(H,55,65)(H,56,66)(H,57,67)(H4,48,49,50);1H3,(H,3,4)/t21-,24+,25+,26?,27+,28+,29+,30+,34+;/m1./s1. The first-order valence-electron chi connectivity index (χ1n) is 24.0. The van der Waals surface area contributed by atoms with Crippen LogP contribution in [0.2, 0.25) is 0 Å². The van der Waals surface area contributed by atoms with Gasteiger partial charge in [0.25, 0.3) is 5.97 Å². The molecule has 2 fully saturated rings. The van der Waals surface area contributed by atoms with Crippen LogP contribution in [-0.2, 0) is 64.0 Å². The van der Waals surface area contributed by atoms with Gasteiger partial charge in [-0.15, -0.1) is 0 Å². The van der Waals surface area contributed by atoms with Crippen LogP contribution in [0.5, 0.6) is 5.75 Å². The summed E-state index contributed by atoms with van der Waals surface area (Å²) in [5.74, 6) is -11.8. The molecule has 422 valence electrons. The molecular formula is C45H71N15O14S2. The fraction of sp³-hybridized carbons (Fsp3) is 0.578. The van der Waals surface area contributed by atoms with E-state index in [1.807, 2.05) is 0 Å². The summed E-state index contributed by atoms with van der Waals surface area (Å²) in [5, 5.41) is 35.0. The van der Waals surface area contributed by atoms with Gasteiger partial charge in [0, 0.05) is 44.4 Å². The second-order valence-corrected chi connectivity index (χ2v) is 20.3. The normalized spacial score (nSPS) is 22.7. The molecule has 21 N–H and O–H groups in total. The molecule has 11 amide bonds. The number of phenols is 1. The SMILES string of the molecule is CC(=O)O.CC[C@@H](C)[C@@H]1NC(=O)[C@H](Cc2ccc(O)cc2)NC(=O)[C@@H](N)CSSC[C@@H](C(=O)N2CCC[C@H]2C(=O)N[C@@H](CCCN=C(N)N)C(=O)NCC(N)=O)NC(=O)[C@H](CC(N)=O)NC(=O)C(CCC(N)=O)NC1=O. The number of hydrogen-bond acceptors (Lipinski definition) is 17. The molecule has 1 unspecified atom stereocenters. The number of hydrogen-bond donors (Lipinski definition) is 15. The fourth-order valence-electron chi connectivity index (χ4n) is 7.41. The number of carbonyl (C=O) groups excluding carboxylic acids is 11. The van der Waals surface area contributed by atoms with E-state index in [-0.39, 0.29) is 62.0 Å². The van der Waals surface area contributed by atoms with E-state index in [1.165, 1.54) is 29.2 Å². The highest BCUT2D eigenvalue weighted by Gasteiger charge is 2.41. The Labute approximate surface area is 445 Å². The number of aliphatic carboxylic acids is 1. The van der Waals surface area contributed by atoms with Crippen LogP contribution in [-0.4, -0.2) is 171 Å². The third-order valence-electron chi connectivity index (χ3n) is 11.5. The average molecular weight is 1110 g/mol.